The second kappa shape index (κ2) is 4.59. The molecule has 0 unspecified atom stereocenters. The van der Waals surface area contributed by atoms with Gasteiger partial charge in [0.25, 0.3) is 0 Å². The van der Waals surface area contributed by atoms with Crippen LogP contribution in [0.3, 0.4) is 0 Å². The zero-order valence-corrected chi connectivity index (χ0v) is 11.2. The minimum absolute atomic E-state index is 0.231. The number of aromatic nitrogens is 1. The Bertz CT molecular complexity index is 803. The van der Waals surface area contributed by atoms with E-state index < -0.39 is 0 Å². The van der Waals surface area contributed by atoms with Crippen LogP contribution in [-0.2, 0) is 0 Å². The molecule has 0 amide bonds. The Kier molecular flexibility index (Phi) is 2.91. The number of halogens is 1. The Morgan fingerprint density at radius 2 is 1.74 bits per heavy atom. The molecule has 0 aliphatic rings. The maximum Gasteiger partial charge on any atom is 0.123 e. The third-order valence-corrected chi connectivity index (χ3v) is 3.37. The summed E-state index contributed by atoms with van der Waals surface area (Å²) in [5.74, 6) is -0.231. The van der Waals surface area contributed by atoms with Crippen molar-refractivity contribution in [2.75, 3.05) is 0 Å². The van der Waals surface area contributed by atoms with E-state index in [1.54, 1.807) is 12.1 Å². The number of aryl methyl sites for hydroxylation is 1. The van der Waals surface area contributed by atoms with Crippen LogP contribution in [0.2, 0.25) is 0 Å². The minimum atomic E-state index is -0.231. The minimum Gasteiger partial charge on any atom is -0.346 e. The first kappa shape index (κ1) is 12.1. The molecule has 0 atom stereocenters. The first-order chi connectivity index (χ1) is 9.13. The Hall–Kier alpha value is -2.00. The molecule has 0 bridgehead atoms. The van der Waals surface area contributed by atoms with Crippen molar-refractivity contribution >= 4 is 23.1 Å². The van der Waals surface area contributed by atoms with Gasteiger partial charge < -0.3 is 4.98 Å². The van der Waals surface area contributed by atoms with Crippen LogP contribution in [-0.4, -0.2) is 4.98 Å². The van der Waals surface area contributed by atoms with Crippen molar-refractivity contribution < 1.29 is 4.39 Å². The molecule has 3 heteroatoms. The molecule has 0 fully saturated rings. The SMILES string of the molecule is Cc1ccc2[nH]c(=S)cc(-c3ccc(F)cc3)c2c1. The standard InChI is InChI=1S/C16H12FNS/c1-10-2-7-15-14(8-10)13(9-16(19)18-15)11-3-5-12(17)6-4-11/h2-9H,1H3,(H,18,19). The third kappa shape index (κ3) is 2.29. The van der Waals surface area contributed by atoms with E-state index in [9.17, 15) is 4.39 Å². The third-order valence-electron chi connectivity index (χ3n) is 3.15. The number of rotatable bonds is 1. The number of fused-ring (bicyclic) bond motifs is 1. The van der Waals surface area contributed by atoms with Gasteiger partial charge in [0, 0.05) is 10.9 Å². The maximum absolute atomic E-state index is 13.0. The van der Waals surface area contributed by atoms with E-state index in [0.29, 0.717) is 4.64 Å². The van der Waals surface area contributed by atoms with Gasteiger partial charge in [-0.05, 0) is 48.4 Å². The zero-order chi connectivity index (χ0) is 13.4. The highest BCUT2D eigenvalue weighted by atomic mass is 32.1. The summed E-state index contributed by atoms with van der Waals surface area (Å²) in [6.07, 6.45) is 0. The van der Waals surface area contributed by atoms with Crippen molar-refractivity contribution in [1.29, 1.82) is 0 Å². The fraction of sp³-hybridized carbons (Fsp3) is 0.0625. The van der Waals surface area contributed by atoms with Crippen LogP contribution < -0.4 is 0 Å². The molecule has 19 heavy (non-hydrogen) atoms. The molecule has 3 rings (SSSR count). The van der Waals surface area contributed by atoms with Crippen LogP contribution in [0, 0.1) is 17.4 Å². The van der Waals surface area contributed by atoms with E-state index in [0.717, 1.165) is 22.0 Å². The molecule has 94 valence electrons. The first-order valence-corrected chi connectivity index (χ1v) is 6.44. The average molecular weight is 269 g/mol. The number of hydrogen-bond acceptors (Lipinski definition) is 1. The molecular formula is C16H12FNS. The summed E-state index contributed by atoms with van der Waals surface area (Å²) in [5.41, 5.74) is 4.18. The lowest BCUT2D eigenvalue weighted by Crippen LogP contribution is -1.87. The van der Waals surface area contributed by atoms with Crippen molar-refractivity contribution in [3.63, 3.8) is 0 Å². The summed E-state index contributed by atoms with van der Waals surface area (Å²) in [4.78, 5) is 3.18. The second-order valence-electron chi connectivity index (χ2n) is 4.60. The Labute approximate surface area is 115 Å². The molecule has 1 N–H and O–H groups in total. The number of H-pyrrole nitrogens is 1. The number of aromatic amines is 1. The van der Waals surface area contributed by atoms with Crippen LogP contribution in [0.25, 0.3) is 22.0 Å². The van der Waals surface area contributed by atoms with Crippen molar-refractivity contribution in [2.45, 2.75) is 6.92 Å². The lowest BCUT2D eigenvalue weighted by Gasteiger charge is -2.08. The van der Waals surface area contributed by atoms with Gasteiger partial charge in [0.15, 0.2) is 0 Å². The zero-order valence-electron chi connectivity index (χ0n) is 10.4. The molecule has 1 nitrogen and oxygen atoms in total. The van der Waals surface area contributed by atoms with Gasteiger partial charge in [-0.15, -0.1) is 0 Å². The number of benzene rings is 2. The molecule has 0 aliphatic heterocycles. The first-order valence-electron chi connectivity index (χ1n) is 6.03. The predicted molar refractivity (Wildman–Crippen MR) is 79.3 cm³/mol. The van der Waals surface area contributed by atoms with E-state index in [1.165, 1.54) is 17.7 Å². The van der Waals surface area contributed by atoms with Gasteiger partial charge in [0.1, 0.15) is 10.5 Å². The predicted octanol–water partition coefficient (Wildman–Crippen LogP) is 5.01. The fourth-order valence-corrected chi connectivity index (χ4v) is 2.46. The normalized spacial score (nSPS) is 10.8. The Morgan fingerprint density at radius 3 is 2.47 bits per heavy atom. The molecule has 0 saturated heterocycles. The monoisotopic (exact) mass is 269 g/mol. The molecule has 0 saturated carbocycles. The lowest BCUT2D eigenvalue weighted by atomic mass is 10.0. The highest BCUT2D eigenvalue weighted by molar-refractivity contribution is 7.71. The second-order valence-corrected chi connectivity index (χ2v) is 5.04. The molecule has 3 aromatic rings. The largest absolute Gasteiger partial charge is 0.346 e. The van der Waals surface area contributed by atoms with Crippen molar-refractivity contribution in [2.24, 2.45) is 0 Å². The number of hydrogen-bond donors (Lipinski definition) is 1. The van der Waals surface area contributed by atoms with Crippen LogP contribution in [0.5, 0.6) is 0 Å². The van der Waals surface area contributed by atoms with Crippen LogP contribution in [0.1, 0.15) is 5.56 Å². The molecule has 0 spiro atoms. The van der Waals surface area contributed by atoms with Crippen molar-refractivity contribution in [3.05, 3.63) is 64.6 Å². The van der Waals surface area contributed by atoms with E-state index in [1.807, 2.05) is 18.2 Å². The lowest BCUT2D eigenvalue weighted by molar-refractivity contribution is 0.628. The quantitative estimate of drug-likeness (QED) is 0.614. The maximum atomic E-state index is 13.0. The van der Waals surface area contributed by atoms with Gasteiger partial charge in [-0.25, -0.2) is 4.39 Å². The van der Waals surface area contributed by atoms with Crippen molar-refractivity contribution in [3.8, 4) is 11.1 Å². The van der Waals surface area contributed by atoms with Gasteiger partial charge in [-0.2, -0.15) is 0 Å². The van der Waals surface area contributed by atoms with Gasteiger partial charge in [-0.3, -0.25) is 0 Å². The summed E-state index contributed by atoms with van der Waals surface area (Å²) >= 11 is 5.26. The molecule has 1 heterocycles. The smallest absolute Gasteiger partial charge is 0.123 e. The summed E-state index contributed by atoms with van der Waals surface area (Å²) in [5, 5.41) is 1.10. The Morgan fingerprint density at radius 1 is 1.00 bits per heavy atom. The Balaban J connectivity index is 2.35. The summed E-state index contributed by atoms with van der Waals surface area (Å²) in [7, 11) is 0. The van der Waals surface area contributed by atoms with Gasteiger partial charge in [-0.1, -0.05) is 36.0 Å². The molecule has 0 aliphatic carbocycles. The molecule has 1 aromatic heterocycles. The van der Waals surface area contributed by atoms with E-state index in [2.05, 4.69) is 18.0 Å². The van der Waals surface area contributed by atoms with E-state index in [4.69, 9.17) is 12.2 Å². The van der Waals surface area contributed by atoms with Crippen molar-refractivity contribution in [1.82, 2.24) is 4.98 Å². The molecule has 0 radical (unpaired) electrons. The van der Waals surface area contributed by atoms with E-state index in [-0.39, 0.29) is 5.82 Å². The highest BCUT2D eigenvalue weighted by Gasteiger charge is 2.05. The van der Waals surface area contributed by atoms with Crippen LogP contribution in [0.4, 0.5) is 4.39 Å². The van der Waals surface area contributed by atoms with Crippen LogP contribution >= 0.6 is 12.2 Å². The topological polar surface area (TPSA) is 15.8 Å². The van der Waals surface area contributed by atoms with Crippen LogP contribution in [0.15, 0.2) is 48.5 Å². The summed E-state index contributed by atoms with van der Waals surface area (Å²) < 4.78 is 13.7. The number of nitrogens with one attached hydrogen (secondary N) is 1. The summed E-state index contributed by atoms with van der Waals surface area (Å²) in [6, 6.07) is 14.6. The number of pyridine rings is 1. The molecular weight excluding hydrogens is 257 g/mol. The average Bonchev–Trinajstić information content (AvgIpc) is 2.39. The van der Waals surface area contributed by atoms with Gasteiger partial charge >= 0.3 is 0 Å². The van der Waals surface area contributed by atoms with Gasteiger partial charge in [0.2, 0.25) is 0 Å². The fourth-order valence-electron chi connectivity index (χ4n) is 2.24. The highest BCUT2D eigenvalue weighted by Crippen LogP contribution is 2.28. The van der Waals surface area contributed by atoms with Gasteiger partial charge in [0.05, 0.1) is 0 Å². The van der Waals surface area contributed by atoms with E-state index >= 15 is 0 Å². The summed E-state index contributed by atoms with van der Waals surface area (Å²) in [6.45, 7) is 2.05. The molecule has 2 aromatic carbocycles.